The summed E-state index contributed by atoms with van der Waals surface area (Å²) in [6.07, 6.45) is 0. The lowest BCUT2D eigenvalue weighted by atomic mass is 10.2. The van der Waals surface area contributed by atoms with Gasteiger partial charge in [-0.3, -0.25) is 4.79 Å². The van der Waals surface area contributed by atoms with Gasteiger partial charge in [-0.15, -0.1) is 0 Å². The predicted molar refractivity (Wildman–Crippen MR) is 78.5 cm³/mol. The van der Waals surface area contributed by atoms with E-state index in [9.17, 15) is 13.2 Å². The number of hydrogen-bond acceptors (Lipinski definition) is 5. The monoisotopic (exact) mass is 306 g/mol. The van der Waals surface area contributed by atoms with E-state index in [4.69, 9.17) is 10.5 Å². The second kappa shape index (κ2) is 5.84. The lowest BCUT2D eigenvalue weighted by molar-refractivity contribution is 0.0981. The third-order valence-corrected chi connectivity index (χ3v) is 4.10. The Morgan fingerprint density at radius 1 is 1.14 bits per heavy atom. The molecule has 7 heteroatoms. The minimum absolute atomic E-state index is 0.0343. The molecule has 3 N–H and O–H groups in total. The average molecular weight is 306 g/mol. The molecule has 0 spiro atoms. The van der Waals surface area contributed by atoms with Gasteiger partial charge in [0.1, 0.15) is 5.75 Å². The van der Waals surface area contributed by atoms with Crippen LogP contribution in [0.15, 0.2) is 53.4 Å². The first-order chi connectivity index (χ1) is 9.92. The van der Waals surface area contributed by atoms with E-state index in [1.807, 2.05) is 4.72 Å². The summed E-state index contributed by atoms with van der Waals surface area (Å²) in [6.45, 7) is 0. The Morgan fingerprint density at radius 2 is 1.81 bits per heavy atom. The number of sulfonamides is 1. The van der Waals surface area contributed by atoms with Crippen molar-refractivity contribution in [1.82, 2.24) is 4.72 Å². The van der Waals surface area contributed by atoms with E-state index in [-0.39, 0.29) is 10.5 Å². The maximum absolute atomic E-state index is 12.1. The molecule has 2 aromatic carbocycles. The number of anilines is 1. The van der Waals surface area contributed by atoms with Gasteiger partial charge >= 0.3 is 0 Å². The first kappa shape index (κ1) is 14.9. The van der Waals surface area contributed by atoms with Gasteiger partial charge in [-0.05, 0) is 42.5 Å². The molecule has 0 radical (unpaired) electrons. The normalized spacial score (nSPS) is 10.9. The van der Waals surface area contributed by atoms with Crippen LogP contribution in [0.5, 0.6) is 5.75 Å². The molecule has 1 amide bonds. The lowest BCUT2D eigenvalue weighted by Gasteiger charge is -2.08. The molecule has 2 rings (SSSR count). The SMILES string of the molecule is COc1cccc(C(=O)NS(=O)(=O)c2ccc(N)cc2)c1. The third-order valence-electron chi connectivity index (χ3n) is 2.75. The largest absolute Gasteiger partial charge is 0.497 e. The number of methoxy groups -OCH3 is 1. The topological polar surface area (TPSA) is 98.5 Å². The van der Waals surface area contributed by atoms with E-state index in [0.29, 0.717) is 11.4 Å². The molecule has 0 fully saturated rings. The van der Waals surface area contributed by atoms with E-state index >= 15 is 0 Å². The number of ether oxygens (including phenoxy) is 1. The van der Waals surface area contributed by atoms with Crippen LogP contribution in [0.2, 0.25) is 0 Å². The predicted octanol–water partition coefficient (Wildman–Crippen LogP) is 1.40. The van der Waals surface area contributed by atoms with Gasteiger partial charge in [-0.2, -0.15) is 0 Å². The smallest absolute Gasteiger partial charge is 0.265 e. The first-order valence-corrected chi connectivity index (χ1v) is 7.47. The van der Waals surface area contributed by atoms with Crippen LogP contribution in [0.25, 0.3) is 0 Å². The van der Waals surface area contributed by atoms with Crippen molar-refractivity contribution in [2.75, 3.05) is 12.8 Å². The minimum Gasteiger partial charge on any atom is -0.497 e. The summed E-state index contributed by atoms with van der Waals surface area (Å²) >= 11 is 0. The number of rotatable bonds is 4. The summed E-state index contributed by atoms with van der Waals surface area (Å²) in [6, 6.07) is 11.8. The number of hydrogen-bond donors (Lipinski definition) is 2. The zero-order valence-electron chi connectivity index (χ0n) is 11.2. The Balaban J connectivity index is 2.23. The van der Waals surface area contributed by atoms with Crippen LogP contribution < -0.4 is 15.2 Å². The molecule has 0 bridgehead atoms. The van der Waals surface area contributed by atoms with Crippen molar-refractivity contribution in [1.29, 1.82) is 0 Å². The van der Waals surface area contributed by atoms with E-state index in [2.05, 4.69) is 0 Å². The molecule has 0 aliphatic rings. The maximum Gasteiger partial charge on any atom is 0.265 e. The quantitative estimate of drug-likeness (QED) is 0.832. The van der Waals surface area contributed by atoms with Crippen LogP contribution in [-0.4, -0.2) is 21.4 Å². The molecule has 6 nitrogen and oxygen atoms in total. The molecule has 0 aliphatic carbocycles. The minimum atomic E-state index is -3.94. The van der Waals surface area contributed by atoms with Crippen LogP contribution in [0.1, 0.15) is 10.4 Å². The van der Waals surface area contributed by atoms with Gasteiger partial charge in [0.2, 0.25) is 0 Å². The zero-order chi connectivity index (χ0) is 15.5. The number of nitrogens with one attached hydrogen (secondary N) is 1. The highest BCUT2D eigenvalue weighted by molar-refractivity contribution is 7.90. The fourth-order valence-corrected chi connectivity index (χ4v) is 2.63. The Kier molecular flexibility index (Phi) is 4.13. The van der Waals surface area contributed by atoms with Crippen LogP contribution in [0, 0.1) is 0 Å². The van der Waals surface area contributed by atoms with Crippen molar-refractivity contribution in [2.24, 2.45) is 0 Å². The number of carbonyl (C=O) groups is 1. The van der Waals surface area contributed by atoms with Crippen molar-refractivity contribution < 1.29 is 17.9 Å². The van der Waals surface area contributed by atoms with Gasteiger partial charge in [0, 0.05) is 11.3 Å². The van der Waals surface area contributed by atoms with Gasteiger partial charge in [0.05, 0.1) is 12.0 Å². The van der Waals surface area contributed by atoms with Crippen LogP contribution in [0.3, 0.4) is 0 Å². The van der Waals surface area contributed by atoms with Crippen molar-refractivity contribution in [3.05, 3.63) is 54.1 Å². The lowest BCUT2D eigenvalue weighted by Crippen LogP contribution is -2.30. The van der Waals surface area contributed by atoms with E-state index in [1.54, 1.807) is 12.1 Å². The number of nitrogen functional groups attached to an aromatic ring is 1. The second-order valence-corrected chi connectivity index (χ2v) is 5.92. The van der Waals surface area contributed by atoms with Gasteiger partial charge < -0.3 is 10.5 Å². The van der Waals surface area contributed by atoms with Gasteiger partial charge in [0.25, 0.3) is 15.9 Å². The summed E-state index contributed by atoms with van der Waals surface area (Å²) in [7, 11) is -2.48. The Bertz CT molecular complexity index is 755. The van der Waals surface area contributed by atoms with Gasteiger partial charge in [0.15, 0.2) is 0 Å². The number of nitrogens with two attached hydrogens (primary N) is 1. The summed E-state index contributed by atoms with van der Waals surface area (Å²) in [5.41, 5.74) is 6.12. The van der Waals surface area contributed by atoms with Crippen molar-refractivity contribution in [3.63, 3.8) is 0 Å². The highest BCUT2D eigenvalue weighted by atomic mass is 32.2. The molecule has 0 aliphatic heterocycles. The molecule has 0 saturated heterocycles. The molecule has 0 heterocycles. The van der Waals surface area contributed by atoms with Crippen LogP contribution in [-0.2, 0) is 10.0 Å². The molecular formula is C14H14N2O4S. The molecule has 21 heavy (non-hydrogen) atoms. The summed E-state index contributed by atoms with van der Waals surface area (Å²) in [5, 5.41) is 0. The average Bonchev–Trinajstić information content (AvgIpc) is 2.47. The highest BCUT2D eigenvalue weighted by Gasteiger charge is 2.18. The molecular weight excluding hydrogens is 292 g/mol. The standard InChI is InChI=1S/C14H14N2O4S/c1-20-12-4-2-3-10(9-12)14(17)16-21(18,19)13-7-5-11(15)6-8-13/h2-9H,15H2,1H3,(H,16,17). The Labute approximate surface area is 122 Å². The molecule has 0 atom stereocenters. The first-order valence-electron chi connectivity index (χ1n) is 5.99. The molecule has 2 aromatic rings. The zero-order valence-corrected chi connectivity index (χ0v) is 12.1. The van der Waals surface area contributed by atoms with Crippen LogP contribution in [0.4, 0.5) is 5.69 Å². The van der Waals surface area contributed by atoms with E-state index in [1.165, 1.54) is 43.5 Å². The summed E-state index contributed by atoms with van der Waals surface area (Å²) < 4.78 is 31.1. The van der Waals surface area contributed by atoms with Gasteiger partial charge in [-0.25, -0.2) is 13.1 Å². The van der Waals surface area contributed by atoms with Crippen molar-refractivity contribution in [3.8, 4) is 5.75 Å². The molecule has 0 aromatic heterocycles. The second-order valence-electron chi connectivity index (χ2n) is 4.24. The Morgan fingerprint density at radius 3 is 2.43 bits per heavy atom. The summed E-state index contributed by atoms with van der Waals surface area (Å²) in [4.78, 5) is 12.0. The fraction of sp³-hybridized carbons (Fsp3) is 0.0714. The maximum atomic E-state index is 12.1. The highest BCUT2D eigenvalue weighted by Crippen LogP contribution is 2.15. The molecule has 0 unspecified atom stereocenters. The summed E-state index contributed by atoms with van der Waals surface area (Å²) in [5.74, 6) is -0.266. The molecule has 0 saturated carbocycles. The number of carbonyl (C=O) groups excluding carboxylic acids is 1. The van der Waals surface area contributed by atoms with E-state index < -0.39 is 15.9 Å². The number of amides is 1. The fourth-order valence-electron chi connectivity index (χ4n) is 1.65. The van der Waals surface area contributed by atoms with Crippen molar-refractivity contribution >= 4 is 21.6 Å². The third kappa shape index (κ3) is 3.51. The Hall–Kier alpha value is -2.54. The van der Waals surface area contributed by atoms with Crippen LogP contribution >= 0.6 is 0 Å². The molecule has 110 valence electrons. The van der Waals surface area contributed by atoms with Gasteiger partial charge in [-0.1, -0.05) is 6.07 Å². The van der Waals surface area contributed by atoms with E-state index in [0.717, 1.165) is 0 Å². The number of benzene rings is 2. The van der Waals surface area contributed by atoms with Crippen molar-refractivity contribution in [2.45, 2.75) is 4.90 Å².